The number of para-hydroxylation sites is 1. The number of halogens is 1. The highest BCUT2D eigenvalue weighted by molar-refractivity contribution is 5.77. The van der Waals surface area contributed by atoms with Gasteiger partial charge >= 0.3 is 0 Å². The number of hydrogen-bond acceptors (Lipinski definition) is 3. The first-order valence-corrected chi connectivity index (χ1v) is 6.84. The molecule has 1 fully saturated rings. The van der Waals surface area contributed by atoms with E-state index in [9.17, 15) is 9.18 Å². The fourth-order valence-electron chi connectivity index (χ4n) is 2.38. The maximum Gasteiger partial charge on any atom is 0.260 e. The molecule has 0 saturated carbocycles. The van der Waals surface area contributed by atoms with E-state index in [2.05, 4.69) is 0 Å². The average molecular weight is 281 g/mol. The van der Waals surface area contributed by atoms with E-state index in [1.54, 1.807) is 24.1 Å². The van der Waals surface area contributed by atoms with Gasteiger partial charge in [0.1, 0.15) is 0 Å². The molecule has 0 radical (unpaired) electrons. The largest absolute Gasteiger partial charge is 0.481 e. The van der Waals surface area contributed by atoms with Crippen LogP contribution in [0.25, 0.3) is 0 Å². The van der Waals surface area contributed by atoms with Gasteiger partial charge in [-0.25, -0.2) is 4.39 Å². The van der Waals surface area contributed by atoms with Crippen molar-refractivity contribution in [1.29, 1.82) is 0 Å². The van der Waals surface area contributed by atoms with Crippen molar-refractivity contribution in [3.63, 3.8) is 0 Å². The Kier molecular flexibility index (Phi) is 5.35. The first kappa shape index (κ1) is 14.8. The highest BCUT2D eigenvalue weighted by atomic mass is 19.1. The van der Waals surface area contributed by atoms with Crippen molar-refractivity contribution in [3.05, 3.63) is 30.1 Å². The Hall–Kier alpha value is -1.62. The van der Waals surface area contributed by atoms with Gasteiger partial charge in [-0.05, 0) is 30.9 Å². The zero-order chi connectivity index (χ0) is 14.4. The van der Waals surface area contributed by atoms with Crippen molar-refractivity contribution in [2.45, 2.75) is 12.8 Å². The summed E-state index contributed by atoms with van der Waals surface area (Å²) < 4.78 is 23.7. The van der Waals surface area contributed by atoms with E-state index in [0.29, 0.717) is 19.0 Å². The molecule has 5 heteroatoms. The molecule has 1 amide bonds. The summed E-state index contributed by atoms with van der Waals surface area (Å²) in [6.45, 7) is 2.06. The summed E-state index contributed by atoms with van der Waals surface area (Å²) >= 11 is 0. The molecule has 1 aliphatic rings. The SMILES string of the molecule is COCC1CCN(C(=O)COc2ccccc2F)CC1. The van der Waals surface area contributed by atoms with Crippen molar-refractivity contribution in [1.82, 2.24) is 4.90 Å². The van der Waals surface area contributed by atoms with Gasteiger partial charge in [-0.3, -0.25) is 4.79 Å². The minimum atomic E-state index is -0.445. The third kappa shape index (κ3) is 3.93. The van der Waals surface area contributed by atoms with Gasteiger partial charge in [0.2, 0.25) is 0 Å². The smallest absolute Gasteiger partial charge is 0.260 e. The van der Waals surface area contributed by atoms with Gasteiger partial charge in [0.15, 0.2) is 18.2 Å². The number of carbonyl (C=O) groups is 1. The summed E-state index contributed by atoms with van der Waals surface area (Å²) in [5.41, 5.74) is 0. The molecule has 1 saturated heterocycles. The Morgan fingerprint density at radius 3 is 2.70 bits per heavy atom. The van der Waals surface area contributed by atoms with Crippen LogP contribution in [-0.4, -0.2) is 44.2 Å². The number of methoxy groups -OCH3 is 1. The Bertz CT molecular complexity index is 444. The van der Waals surface area contributed by atoms with Crippen LogP contribution >= 0.6 is 0 Å². The zero-order valence-electron chi connectivity index (χ0n) is 11.7. The Balaban J connectivity index is 1.77. The van der Waals surface area contributed by atoms with Crippen molar-refractivity contribution in [3.8, 4) is 5.75 Å². The zero-order valence-corrected chi connectivity index (χ0v) is 11.7. The van der Waals surface area contributed by atoms with Crippen LogP contribution in [0.2, 0.25) is 0 Å². The molecule has 2 rings (SSSR count). The van der Waals surface area contributed by atoms with Crippen LogP contribution in [-0.2, 0) is 9.53 Å². The van der Waals surface area contributed by atoms with E-state index < -0.39 is 5.82 Å². The lowest BCUT2D eigenvalue weighted by molar-refractivity contribution is -0.135. The second-order valence-electron chi connectivity index (χ2n) is 5.00. The normalized spacial score (nSPS) is 16.2. The molecule has 0 aromatic heterocycles. The lowest BCUT2D eigenvalue weighted by Crippen LogP contribution is -2.41. The summed E-state index contributed by atoms with van der Waals surface area (Å²) in [7, 11) is 1.69. The molecule has 0 atom stereocenters. The van der Waals surface area contributed by atoms with Crippen LogP contribution in [0.3, 0.4) is 0 Å². The molecule has 1 aliphatic heterocycles. The van der Waals surface area contributed by atoms with Crippen LogP contribution < -0.4 is 4.74 Å². The minimum absolute atomic E-state index is 0.0934. The van der Waals surface area contributed by atoms with E-state index in [-0.39, 0.29) is 18.3 Å². The monoisotopic (exact) mass is 281 g/mol. The number of piperidine rings is 1. The second kappa shape index (κ2) is 7.24. The van der Waals surface area contributed by atoms with Crippen LogP contribution in [0.4, 0.5) is 4.39 Å². The van der Waals surface area contributed by atoms with Gasteiger partial charge in [0.25, 0.3) is 5.91 Å². The van der Waals surface area contributed by atoms with E-state index in [1.807, 2.05) is 0 Å². The molecule has 0 unspecified atom stereocenters. The summed E-state index contributed by atoms with van der Waals surface area (Å²) in [5.74, 6) is 0.106. The topological polar surface area (TPSA) is 38.8 Å². The van der Waals surface area contributed by atoms with Gasteiger partial charge in [0.05, 0.1) is 0 Å². The lowest BCUT2D eigenvalue weighted by Gasteiger charge is -2.31. The fourth-order valence-corrected chi connectivity index (χ4v) is 2.38. The predicted molar refractivity (Wildman–Crippen MR) is 73.1 cm³/mol. The summed E-state index contributed by atoms with van der Waals surface area (Å²) in [6.07, 6.45) is 1.89. The van der Waals surface area contributed by atoms with Crippen LogP contribution in [0.15, 0.2) is 24.3 Å². The van der Waals surface area contributed by atoms with Crippen LogP contribution in [0, 0.1) is 11.7 Å². The molecule has 4 nitrogen and oxygen atoms in total. The minimum Gasteiger partial charge on any atom is -0.481 e. The number of likely N-dealkylation sites (tertiary alicyclic amines) is 1. The van der Waals surface area contributed by atoms with Gasteiger partial charge in [-0.15, -0.1) is 0 Å². The predicted octanol–water partition coefficient (Wildman–Crippen LogP) is 2.09. The number of benzene rings is 1. The molecule has 0 bridgehead atoms. The number of nitrogens with zero attached hydrogens (tertiary/aromatic N) is 1. The number of amides is 1. The molecule has 1 heterocycles. The number of hydrogen-bond donors (Lipinski definition) is 0. The van der Waals surface area contributed by atoms with Crippen LogP contribution in [0.5, 0.6) is 5.75 Å². The van der Waals surface area contributed by atoms with Gasteiger partial charge in [-0.1, -0.05) is 12.1 Å². The molecule has 0 spiro atoms. The maximum atomic E-state index is 13.4. The summed E-state index contributed by atoms with van der Waals surface area (Å²) in [4.78, 5) is 13.8. The standard InChI is InChI=1S/C15H20FNO3/c1-19-10-12-6-8-17(9-7-12)15(18)11-20-14-5-3-2-4-13(14)16/h2-5,12H,6-11H2,1H3. The maximum absolute atomic E-state index is 13.4. The highest BCUT2D eigenvalue weighted by Gasteiger charge is 2.23. The van der Waals surface area contributed by atoms with E-state index in [4.69, 9.17) is 9.47 Å². The average Bonchev–Trinajstić information content (AvgIpc) is 2.47. The number of carbonyl (C=O) groups excluding carboxylic acids is 1. The first-order chi connectivity index (χ1) is 9.70. The quantitative estimate of drug-likeness (QED) is 0.829. The third-order valence-corrected chi connectivity index (χ3v) is 3.56. The molecule has 20 heavy (non-hydrogen) atoms. The lowest BCUT2D eigenvalue weighted by atomic mass is 9.98. The van der Waals surface area contributed by atoms with E-state index >= 15 is 0 Å². The number of rotatable bonds is 5. The molecule has 110 valence electrons. The Labute approximate surface area is 118 Å². The summed E-state index contributed by atoms with van der Waals surface area (Å²) in [5, 5.41) is 0. The van der Waals surface area contributed by atoms with Crippen molar-refractivity contribution >= 4 is 5.91 Å². The first-order valence-electron chi connectivity index (χ1n) is 6.84. The van der Waals surface area contributed by atoms with E-state index in [0.717, 1.165) is 19.4 Å². The molecule has 1 aromatic carbocycles. The van der Waals surface area contributed by atoms with Crippen molar-refractivity contribution < 1.29 is 18.7 Å². The fraction of sp³-hybridized carbons (Fsp3) is 0.533. The Morgan fingerprint density at radius 1 is 1.35 bits per heavy atom. The summed E-state index contributed by atoms with van der Waals surface area (Å²) in [6, 6.07) is 6.10. The van der Waals surface area contributed by atoms with Crippen LogP contribution in [0.1, 0.15) is 12.8 Å². The van der Waals surface area contributed by atoms with Crippen molar-refractivity contribution in [2.24, 2.45) is 5.92 Å². The van der Waals surface area contributed by atoms with Gasteiger partial charge in [-0.2, -0.15) is 0 Å². The van der Waals surface area contributed by atoms with Crippen molar-refractivity contribution in [2.75, 3.05) is 33.4 Å². The molecule has 0 aliphatic carbocycles. The Morgan fingerprint density at radius 2 is 2.05 bits per heavy atom. The van der Waals surface area contributed by atoms with E-state index in [1.165, 1.54) is 12.1 Å². The second-order valence-corrected chi connectivity index (χ2v) is 5.00. The van der Waals surface area contributed by atoms with Gasteiger partial charge in [0, 0.05) is 26.8 Å². The highest BCUT2D eigenvalue weighted by Crippen LogP contribution is 2.18. The molecular formula is C15H20FNO3. The molecule has 1 aromatic rings. The van der Waals surface area contributed by atoms with Gasteiger partial charge < -0.3 is 14.4 Å². The number of ether oxygens (including phenoxy) is 2. The third-order valence-electron chi connectivity index (χ3n) is 3.56. The molecule has 0 N–H and O–H groups in total. The molecular weight excluding hydrogens is 261 g/mol.